The van der Waals surface area contributed by atoms with E-state index in [1.807, 2.05) is 6.92 Å². The van der Waals surface area contributed by atoms with Crippen LogP contribution in [0, 0.1) is 0 Å². The van der Waals surface area contributed by atoms with Gasteiger partial charge in [0.1, 0.15) is 11.0 Å². The molecule has 0 saturated carbocycles. The number of nitrogens with one attached hydrogen (secondary N) is 2. The minimum absolute atomic E-state index is 0.0225. The normalized spacial score (nSPS) is 11.4. The van der Waals surface area contributed by atoms with Gasteiger partial charge in [-0.3, -0.25) is 4.72 Å². The Kier molecular flexibility index (Phi) is 3.53. The highest BCUT2D eigenvalue weighted by molar-refractivity contribution is 7.92. The molecule has 0 aromatic carbocycles. The van der Waals surface area contributed by atoms with Crippen molar-refractivity contribution in [1.29, 1.82) is 0 Å². The van der Waals surface area contributed by atoms with E-state index in [-0.39, 0.29) is 5.03 Å². The van der Waals surface area contributed by atoms with Gasteiger partial charge in [0, 0.05) is 6.42 Å². The molecule has 0 spiro atoms. The summed E-state index contributed by atoms with van der Waals surface area (Å²) in [5.74, 6) is 0.615. The molecule has 2 rings (SSSR count). The van der Waals surface area contributed by atoms with Crippen LogP contribution in [0.15, 0.2) is 29.6 Å². The molecule has 8 heteroatoms. The summed E-state index contributed by atoms with van der Waals surface area (Å²) < 4.78 is 26.3. The van der Waals surface area contributed by atoms with E-state index in [2.05, 4.69) is 19.7 Å². The number of imidazole rings is 1. The van der Waals surface area contributed by atoms with Gasteiger partial charge in [0.25, 0.3) is 10.0 Å². The van der Waals surface area contributed by atoms with E-state index in [0.29, 0.717) is 23.1 Å². The number of hydrogen-bond acceptors (Lipinski definition) is 4. The number of hydrogen-bond donors (Lipinski definition) is 2. The van der Waals surface area contributed by atoms with Crippen molar-refractivity contribution in [3.8, 4) is 0 Å². The minimum Gasteiger partial charge on any atom is -0.332 e. The lowest BCUT2D eigenvalue weighted by molar-refractivity contribution is 0.598. The summed E-state index contributed by atoms with van der Waals surface area (Å²) in [6, 6.07) is 3.04. The fourth-order valence-electron chi connectivity index (χ4n) is 1.31. The van der Waals surface area contributed by atoms with E-state index in [9.17, 15) is 8.42 Å². The largest absolute Gasteiger partial charge is 0.332 e. The Morgan fingerprint density at radius 1 is 1.33 bits per heavy atom. The third kappa shape index (κ3) is 2.80. The molecule has 2 N–H and O–H groups in total. The number of H-pyrrole nitrogens is 1. The predicted molar refractivity (Wildman–Crippen MR) is 68.0 cm³/mol. The third-order valence-electron chi connectivity index (χ3n) is 2.21. The van der Waals surface area contributed by atoms with Crippen LogP contribution >= 0.6 is 11.6 Å². The highest BCUT2D eigenvalue weighted by atomic mass is 35.5. The average Bonchev–Trinajstić information content (AvgIpc) is 2.81. The molecule has 0 unspecified atom stereocenters. The molecule has 18 heavy (non-hydrogen) atoms. The lowest BCUT2D eigenvalue weighted by Crippen LogP contribution is -2.13. The van der Waals surface area contributed by atoms with E-state index < -0.39 is 10.0 Å². The van der Waals surface area contributed by atoms with Gasteiger partial charge < -0.3 is 4.98 Å². The molecule has 0 aliphatic heterocycles. The number of halogens is 1. The summed E-state index contributed by atoms with van der Waals surface area (Å²) in [7, 11) is -3.67. The quantitative estimate of drug-likeness (QED) is 0.839. The standard InChI is InChI=1S/C10H11ClN4O2S/c1-2-9-13-6-10(14-9)18(16,17)15-7-3-4-8(11)12-5-7/h3-6,15H,2H2,1H3,(H,13,14). The van der Waals surface area contributed by atoms with E-state index >= 15 is 0 Å². The van der Waals surface area contributed by atoms with Crippen LogP contribution in [-0.2, 0) is 16.4 Å². The van der Waals surface area contributed by atoms with Gasteiger partial charge >= 0.3 is 0 Å². The highest BCUT2D eigenvalue weighted by Gasteiger charge is 2.17. The number of aromatic amines is 1. The van der Waals surface area contributed by atoms with Crippen LogP contribution in [-0.4, -0.2) is 23.4 Å². The number of sulfonamides is 1. The Morgan fingerprint density at radius 2 is 2.11 bits per heavy atom. The molecule has 2 aromatic rings. The maximum atomic E-state index is 12.0. The van der Waals surface area contributed by atoms with Gasteiger partial charge in [-0.05, 0) is 12.1 Å². The molecule has 0 fully saturated rings. The monoisotopic (exact) mass is 286 g/mol. The second-order valence-corrected chi connectivity index (χ2v) is 5.56. The second kappa shape index (κ2) is 4.95. The summed E-state index contributed by atoms with van der Waals surface area (Å²) in [5.41, 5.74) is 0.340. The second-order valence-electron chi connectivity index (χ2n) is 3.52. The molecule has 0 atom stereocenters. The molecule has 0 radical (unpaired) electrons. The Labute approximate surface area is 109 Å². The first-order valence-corrected chi connectivity index (χ1v) is 7.05. The molecular weight excluding hydrogens is 276 g/mol. The van der Waals surface area contributed by atoms with Gasteiger partial charge in [0.05, 0.1) is 18.1 Å². The van der Waals surface area contributed by atoms with Crippen molar-refractivity contribution in [3.05, 3.63) is 35.5 Å². The fraction of sp³-hybridized carbons (Fsp3) is 0.200. The molecule has 0 bridgehead atoms. The van der Waals surface area contributed by atoms with Crippen molar-refractivity contribution in [1.82, 2.24) is 15.0 Å². The molecule has 0 amide bonds. The zero-order chi connectivity index (χ0) is 13.2. The van der Waals surface area contributed by atoms with Crippen LogP contribution in [0.5, 0.6) is 0 Å². The summed E-state index contributed by atoms with van der Waals surface area (Å²) in [4.78, 5) is 10.5. The molecular formula is C10H11ClN4O2S. The number of aromatic nitrogens is 3. The molecule has 0 saturated heterocycles. The minimum atomic E-state index is -3.67. The zero-order valence-corrected chi connectivity index (χ0v) is 11.1. The maximum Gasteiger partial charge on any atom is 0.279 e. The molecule has 6 nitrogen and oxygen atoms in total. The van der Waals surface area contributed by atoms with Crippen molar-refractivity contribution in [2.24, 2.45) is 0 Å². The summed E-state index contributed by atoms with van der Waals surface area (Å²) in [5, 5.41) is 0.321. The Bertz CT molecular complexity index is 636. The molecule has 2 aromatic heterocycles. The van der Waals surface area contributed by atoms with Crippen LogP contribution in [0.2, 0.25) is 5.15 Å². The first-order valence-electron chi connectivity index (χ1n) is 5.19. The number of rotatable bonds is 4. The SMILES string of the molecule is CCc1ncc(S(=O)(=O)Nc2ccc(Cl)nc2)[nH]1. The van der Waals surface area contributed by atoms with E-state index in [1.165, 1.54) is 24.5 Å². The molecule has 96 valence electrons. The number of nitrogens with zero attached hydrogens (tertiary/aromatic N) is 2. The van der Waals surface area contributed by atoms with Crippen LogP contribution < -0.4 is 4.72 Å². The first kappa shape index (κ1) is 12.8. The van der Waals surface area contributed by atoms with Gasteiger partial charge in [-0.2, -0.15) is 8.42 Å². The maximum absolute atomic E-state index is 12.0. The van der Waals surface area contributed by atoms with E-state index in [1.54, 1.807) is 0 Å². The van der Waals surface area contributed by atoms with Crippen LogP contribution in [0.4, 0.5) is 5.69 Å². The Balaban J connectivity index is 2.24. The Hall–Kier alpha value is -1.60. The van der Waals surface area contributed by atoms with Crippen molar-refractivity contribution < 1.29 is 8.42 Å². The van der Waals surface area contributed by atoms with E-state index in [4.69, 9.17) is 11.6 Å². The van der Waals surface area contributed by atoms with Crippen LogP contribution in [0.25, 0.3) is 0 Å². The number of anilines is 1. The van der Waals surface area contributed by atoms with Crippen molar-refractivity contribution in [2.75, 3.05) is 4.72 Å². The molecule has 0 aliphatic carbocycles. The van der Waals surface area contributed by atoms with Gasteiger partial charge in [0.15, 0.2) is 5.03 Å². The van der Waals surface area contributed by atoms with Crippen LogP contribution in [0.1, 0.15) is 12.7 Å². The van der Waals surface area contributed by atoms with Gasteiger partial charge in [-0.25, -0.2) is 9.97 Å². The van der Waals surface area contributed by atoms with Crippen molar-refractivity contribution in [3.63, 3.8) is 0 Å². The predicted octanol–water partition coefficient (Wildman–Crippen LogP) is 1.82. The van der Waals surface area contributed by atoms with Crippen molar-refractivity contribution >= 4 is 27.3 Å². The fourth-order valence-corrected chi connectivity index (χ4v) is 2.40. The summed E-state index contributed by atoms with van der Waals surface area (Å²) >= 11 is 5.62. The summed E-state index contributed by atoms with van der Waals surface area (Å²) in [6.07, 6.45) is 3.26. The van der Waals surface area contributed by atoms with Crippen molar-refractivity contribution in [2.45, 2.75) is 18.4 Å². The first-order chi connectivity index (χ1) is 8.51. The number of aryl methyl sites for hydroxylation is 1. The van der Waals surface area contributed by atoms with Gasteiger partial charge in [0.2, 0.25) is 0 Å². The average molecular weight is 287 g/mol. The van der Waals surface area contributed by atoms with E-state index in [0.717, 1.165) is 0 Å². The molecule has 0 aliphatic rings. The van der Waals surface area contributed by atoms with Gasteiger partial charge in [-0.1, -0.05) is 18.5 Å². The van der Waals surface area contributed by atoms with Crippen LogP contribution in [0.3, 0.4) is 0 Å². The summed E-state index contributed by atoms with van der Waals surface area (Å²) in [6.45, 7) is 1.88. The lowest BCUT2D eigenvalue weighted by atomic mass is 10.4. The third-order valence-corrected chi connectivity index (χ3v) is 3.72. The van der Waals surface area contributed by atoms with Gasteiger partial charge in [-0.15, -0.1) is 0 Å². The highest BCUT2D eigenvalue weighted by Crippen LogP contribution is 2.15. The Morgan fingerprint density at radius 3 is 2.67 bits per heavy atom. The lowest BCUT2D eigenvalue weighted by Gasteiger charge is -2.05. The zero-order valence-electron chi connectivity index (χ0n) is 9.51. The number of pyridine rings is 1. The molecule has 2 heterocycles. The topological polar surface area (TPSA) is 87.7 Å². The smallest absolute Gasteiger partial charge is 0.279 e.